The highest BCUT2D eigenvalue weighted by Crippen LogP contribution is 2.17. The fourth-order valence-corrected chi connectivity index (χ4v) is 3.57. The molecule has 0 aliphatic carbocycles. The second kappa shape index (κ2) is 13.0. The summed E-state index contributed by atoms with van der Waals surface area (Å²) < 4.78 is 5.39. The van der Waals surface area contributed by atoms with Gasteiger partial charge in [-0.15, -0.1) is 35.3 Å². The van der Waals surface area contributed by atoms with Crippen molar-refractivity contribution in [2.75, 3.05) is 14.1 Å². The first kappa shape index (κ1) is 28.2. The number of nitrogens with zero attached hydrogens (tertiary/aromatic N) is 3. The van der Waals surface area contributed by atoms with Gasteiger partial charge in [-0.2, -0.15) is 0 Å². The Labute approximate surface area is 213 Å². The van der Waals surface area contributed by atoms with E-state index in [1.54, 1.807) is 30.3 Å². The number of nitrogens with one attached hydrogen (secondary N) is 2. The molecule has 0 radical (unpaired) electrons. The van der Waals surface area contributed by atoms with E-state index in [1.807, 2.05) is 45.0 Å². The van der Waals surface area contributed by atoms with Gasteiger partial charge in [0.25, 0.3) is 0 Å². The summed E-state index contributed by atoms with van der Waals surface area (Å²) in [5.41, 5.74) is 2.80. The minimum absolute atomic E-state index is 0. The molecule has 0 spiro atoms. The van der Waals surface area contributed by atoms with Gasteiger partial charge < -0.3 is 20.3 Å². The highest BCUT2D eigenvalue weighted by Gasteiger charge is 2.19. The van der Waals surface area contributed by atoms with E-state index in [0.29, 0.717) is 25.6 Å². The summed E-state index contributed by atoms with van der Waals surface area (Å²) in [5.74, 6) is 1.17. The van der Waals surface area contributed by atoms with Crippen molar-refractivity contribution in [3.63, 3.8) is 0 Å². The van der Waals surface area contributed by atoms with Crippen LogP contribution in [0.5, 0.6) is 0 Å². The molecule has 0 saturated carbocycles. The number of guanidine groups is 1. The first-order chi connectivity index (χ1) is 14.6. The van der Waals surface area contributed by atoms with Crippen LogP contribution in [0, 0.1) is 0 Å². The van der Waals surface area contributed by atoms with Crippen LogP contribution in [0.25, 0.3) is 0 Å². The van der Waals surface area contributed by atoms with Gasteiger partial charge in [-0.3, -0.25) is 4.99 Å². The predicted molar refractivity (Wildman–Crippen MR) is 143 cm³/mol. The fraction of sp³-hybridized carbons (Fsp3) is 0.522. The molecule has 178 valence electrons. The van der Waals surface area contributed by atoms with Crippen molar-refractivity contribution in [2.45, 2.75) is 65.8 Å². The van der Waals surface area contributed by atoms with Gasteiger partial charge in [-0.25, -0.2) is 9.78 Å². The van der Waals surface area contributed by atoms with Crippen molar-refractivity contribution in [1.82, 2.24) is 20.5 Å². The number of aromatic nitrogens is 1. The van der Waals surface area contributed by atoms with Crippen LogP contribution in [-0.4, -0.2) is 41.6 Å². The number of thiazole rings is 1. The lowest BCUT2D eigenvalue weighted by molar-refractivity contribution is 0.0285. The van der Waals surface area contributed by atoms with E-state index in [1.165, 1.54) is 0 Å². The summed E-state index contributed by atoms with van der Waals surface area (Å²) in [7, 11) is 3.50. The van der Waals surface area contributed by atoms with Crippen LogP contribution in [0.2, 0.25) is 0 Å². The van der Waals surface area contributed by atoms with E-state index < -0.39 is 5.60 Å². The molecule has 0 unspecified atom stereocenters. The monoisotopic (exact) mass is 573 g/mol. The number of benzene rings is 1. The van der Waals surface area contributed by atoms with Crippen LogP contribution in [0.15, 0.2) is 34.6 Å². The number of carbonyl (C=O) groups excluding carboxylic acids is 1. The van der Waals surface area contributed by atoms with Gasteiger partial charge in [0, 0.05) is 32.6 Å². The van der Waals surface area contributed by atoms with E-state index >= 15 is 0 Å². The molecular weight excluding hydrogens is 537 g/mol. The maximum atomic E-state index is 12.1. The zero-order valence-corrected chi connectivity index (χ0v) is 23.2. The number of hydrogen-bond donors (Lipinski definition) is 2. The van der Waals surface area contributed by atoms with Crippen molar-refractivity contribution in [2.24, 2.45) is 4.99 Å². The number of carbonyl (C=O) groups is 1. The molecule has 1 aromatic carbocycles. The summed E-state index contributed by atoms with van der Waals surface area (Å²) in [6.45, 7) is 11.7. The van der Waals surface area contributed by atoms with Crippen LogP contribution in [0.4, 0.5) is 4.79 Å². The van der Waals surface area contributed by atoms with E-state index in [2.05, 4.69) is 39.8 Å². The Kier molecular flexibility index (Phi) is 11.4. The minimum atomic E-state index is -0.496. The molecule has 0 bridgehead atoms. The Bertz CT molecular complexity index is 875. The molecule has 0 atom stereocenters. The van der Waals surface area contributed by atoms with Gasteiger partial charge in [0.2, 0.25) is 0 Å². The minimum Gasteiger partial charge on any atom is -0.444 e. The lowest BCUT2D eigenvalue weighted by Gasteiger charge is -2.24. The highest BCUT2D eigenvalue weighted by atomic mass is 127. The SMILES string of the molecule is CN=C(NCc1ccc(CN(C)C(=O)OC(C)(C)C)cc1)NCc1nc(C(C)C)cs1.I. The van der Waals surface area contributed by atoms with Crippen LogP contribution in [0.3, 0.4) is 0 Å². The second-order valence-electron chi connectivity index (χ2n) is 8.75. The first-order valence-electron chi connectivity index (χ1n) is 10.5. The van der Waals surface area contributed by atoms with Gasteiger partial charge in [-0.05, 0) is 37.8 Å². The Hall–Kier alpha value is -1.88. The molecule has 0 fully saturated rings. The average molecular weight is 574 g/mol. The average Bonchev–Trinajstić information content (AvgIpc) is 3.17. The third-order valence-electron chi connectivity index (χ3n) is 4.40. The molecular formula is C23H36IN5O2S. The normalized spacial score (nSPS) is 11.7. The third kappa shape index (κ3) is 9.72. The van der Waals surface area contributed by atoms with Crippen LogP contribution in [0.1, 0.15) is 62.4 Å². The van der Waals surface area contributed by atoms with E-state index in [0.717, 1.165) is 27.8 Å². The van der Waals surface area contributed by atoms with Gasteiger partial charge in [0.15, 0.2) is 5.96 Å². The Morgan fingerprint density at radius 2 is 1.75 bits per heavy atom. The number of halogens is 1. The quantitative estimate of drug-likeness (QED) is 0.273. The summed E-state index contributed by atoms with van der Waals surface area (Å²) in [6.07, 6.45) is -0.325. The van der Waals surface area contributed by atoms with Crippen LogP contribution in [-0.2, 0) is 24.4 Å². The number of amides is 1. The smallest absolute Gasteiger partial charge is 0.410 e. The molecule has 32 heavy (non-hydrogen) atoms. The lowest BCUT2D eigenvalue weighted by Crippen LogP contribution is -2.36. The van der Waals surface area contributed by atoms with Crippen molar-refractivity contribution < 1.29 is 9.53 Å². The third-order valence-corrected chi connectivity index (χ3v) is 5.27. The van der Waals surface area contributed by atoms with E-state index in [4.69, 9.17) is 4.74 Å². The van der Waals surface area contributed by atoms with Crippen molar-refractivity contribution >= 4 is 47.4 Å². The van der Waals surface area contributed by atoms with Gasteiger partial charge in [-0.1, -0.05) is 38.1 Å². The van der Waals surface area contributed by atoms with Gasteiger partial charge >= 0.3 is 6.09 Å². The molecule has 2 N–H and O–H groups in total. The fourth-order valence-electron chi connectivity index (χ4n) is 2.68. The molecule has 0 aliphatic heterocycles. The molecule has 0 saturated heterocycles. The second-order valence-corrected chi connectivity index (χ2v) is 9.70. The molecule has 2 aromatic rings. The number of hydrogen-bond acceptors (Lipinski definition) is 5. The standard InChI is InChI=1S/C23H35N5O2S.HI/c1-16(2)19-15-31-20(27-19)13-26-21(24-6)25-12-17-8-10-18(11-9-17)14-28(7)22(29)30-23(3,4)5;/h8-11,15-16H,12-14H2,1-7H3,(H2,24,25,26);1H. The van der Waals surface area contributed by atoms with Gasteiger partial charge in [0.05, 0.1) is 12.2 Å². The summed E-state index contributed by atoms with van der Waals surface area (Å²) in [6, 6.07) is 8.15. The molecule has 1 aromatic heterocycles. The number of rotatable bonds is 7. The zero-order chi connectivity index (χ0) is 23.0. The predicted octanol–water partition coefficient (Wildman–Crippen LogP) is 5.12. The molecule has 0 aliphatic rings. The lowest BCUT2D eigenvalue weighted by atomic mass is 10.1. The Balaban J connectivity index is 0.00000512. The summed E-state index contributed by atoms with van der Waals surface area (Å²) >= 11 is 1.66. The van der Waals surface area contributed by atoms with E-state index in [9.17, 15) is 4.79 Å². The molecule has 9 heteroatoms. The largest absolute Gasteiger partial charge is 0.444 e. The molecule has 1 amide bonds. The maximum Gasteiger partial charge on any atom is 0.410 e. The maximum absolute atomic E-state index is 12.1. The first-order valence-corrected chi connectivity index (χ1v) is 11.4. The van der Waals surface area contributed by atoms with Crippen LogP contribution < -0.4 is 10.6 Å². The van der Waals surface area contributed by atoms with Crippen molar-refractivity contribution in [3.05, 3.63) is 51.5 Å². The number of ether oxygens (including phenoxy) is 1. The number of aliphatic imine (C=N–C) groups is 1. The Morgan fingerprint density at radius 3 is 2.28 bits per heavy atom. The molecule has 7 nitrogen and oxygen atoms in total. The summed E-state index contributed by atoms with van der Waals surface area (Å²) in [5, 5.41) is 9.78. The summed E-state index contributed by atoms with van der Waals surface area (Å²) in [4.78, 5) is 22.6. The van der Waals surface area contributed by atoms with Crippen LogP contribution >= 0.6 is 35.3 Å². The molecule has 1 heterocycles. The topological polar surface area (TPSA) is 78.9 Å². The van der Waals surface area contributed by atoms with Gasteiger partial charge in [0.1, 0.15) is 10.6 Å². The molecule has 2 rings (SSSR count). The highest BCUT2D eigenvalue weighted by molar-refractivity contribution is 14.0. The van der Waals surface area contributed by atoms with E-state index in [-0.39, 0.29) is 30.1 Å². The Morgan fingerprint density at radius 1 is 1.16 bits per heavy atom. The van der Waals surface area contributed by atoms with Crippen molar-refractivity contribution in [1.29, 1.82) is 0 Å². The van der Waals surface area contributed by atoms with Crippen molar-refractivity contribution in [3.8, 4) is 0 Å². The zero-order valence-electron chi connectivity index (χ0n) is 20.1.